The number of fused-ring (bicyclic) bond motifs is 1. The number of hydrogen-bond acceptors (Lipinski definition) is 5. The standard InChI is InChI=1S/C25H28N4O4/c1-3-13-28-21-6-4-5-7-22(21)29(25(32)24(28)31)14-12-23(30)27-17-15-26(16-18-27)19-8-10-20(33-2)11-9-19/h3-11H,1,12-18H2,2H3. The number of carbonyl (C=O) groups is 1. The van der Waals surface area contributed by atoms with Crippen molar-refractivity contribution in [2.45, 2.75) is 19.5 Å². The Labute approximate surface area is 191 Å². The lowest BCUT2D eigenvalue weighted by atomic mass is 10.2. The molecule has 0 saturated carbocycles. The third-order valence-electron chi connectivity index (χ3n) is 6.07. The Morgan fingerprint density at radius 2 is 1.55 bits per heavy atom. The van der Waals surface area contributed by atoms with Gasteiger partial charge in [0.25, 0.3) is 0 Å². The van der Waals surface area contributed by atoms with Crippen molar-refractivity contribution in [3.05, 3.63) is 81.9 Å². The van der Waals surface area contributed by atoms with Gasteiger partial charge in [-0.05, 0) is 36.4 Å². The summed E-state index contributed by atoms with van der Waals surface area (Å²) < 4.78 is 8.05. The van der Waals surface area contributed by atoms with Gasteiger partial charge in [-0.1, -0.05) is 18.2 Å². The second kappa shape index (κ2) is 9.77. The Morgan fingerprint density at radius 1 is 0.939 bits per heavy atom. The summed E-state index contributed by atoms with van der Waals surface area (Å²) in [7, 11) is 1.64. The molecule has 8 heteroatoms. The molecule has 0 spiro atoms. The minimum Gasteiger partial charge on any atom is -0.497 e. The maximum Gasteiger partial charge on any atom is 0.317 e. The molecule has 1 saturated heterocycles. The average Bonchev–Trinajstić information content (AvgIpc) is 2.86. The van der Waals surface area contributed by atoms with Crippen LogP contribution < -0.4 is 20.8 Å². The Hall–Kier alpha value is -3.81. The highest BCUT2D eigenvalue weighted by Crippen LogP contribution is 2.21. The molecule has 2 heterocycles. The van der Waals surface area contributed by atoms with Crippen LogP contribution in [0.25, 0.3) is 11.0 Å². The van der Waals surface area contributed by atoms with Gasteiger partial charge in [0.15, 0.2) is 0 Å². The lowest BCUT2D eigenvalue weighted by Crippen LogP contribution is -2.49. The molecule has 172 valence electrons. The third-order valence-corrected chi connectivity index (χ3v) is 6.07. The van der Waals surface area contributed by atoms with E-state index in [0.717, 1.165) is 24.5 Å². The van der Waals surface area contributed by atoms with E-state index in [4.69, 9.17) is 4.74 Å². The molecule has 0 bridgehead atoms. The number of para-hydroxylation sites is 2. The Balaban J connectivity index is 1.44. The number of carbonyl (C=O) groups excluding carboxylic acids is 1. The molecule has 8 nitrogen and oxygen atoms in total. The minimum absolute atomic E-state index is 0.0179. The van der Waals surface area contributed by atoms with Gasteiger partial charge in [0.1, 0.15) is 5.75 Å². The van der Waals surface area contributed by atoms with E-state index in [1.54, 1.807) is 25.3 Å². The second-order valence-corrected chi connectivity index (χ2v) is 7.97. The number of amides is 1. The molecule has 2 aromatic carbocycles. The molecule has 33 heavy (non-hydrogen) atoms. The Kier molecular flexibility index (Phi) is 6.63. The van der Waals surface area contributed by atoms with Gasteiger partial charge in [-0.15, -0.1) is 6.58 Å². The topological polar surface area (TPSA) is 76.8 Å². The van der Waals surface area contributed by atoms with Crippen LogP contribution in [0.3, 0.4) is 0 Å². The zero-order valence-electron chi connectivity index (χ0n) is 18.8. The van der Waals surface area contributed by atoms with Gasteiger partial charge in [-0.3, -0.25) is 19.0 Å². The molecule has 0 unspecified atom stereocenters. The fourth-order valence-electron chi connectivity index (χ4n) is 4.28. The number of piperazine rings is 1. The molecule has 1 aromatic heterocycles. The normalized spacial score (nSPS) is 13.8. The number of aromatic nitrogens is 2. The van der Waals surface area contributed by atoms with Gasteiger partial charge >= 0.3 is 11.1 Å². The van der Waals surface area contributed by atoms with Crippen LogP contribution in [0.2, 0.25) is 0 Å². The summed E-state index contributed by atoms with van der Waals surface area (Å²) in [5.41, 5.74) is 1.17. The first kappa shape index (κ1) is 22.4. The molecule has 0 atom stereocenters. The highest BCUT2D eigenvalue weighted by atomic mass is 16.5. The Bertz CT molecular complexity index is 1270. The summed E-state index contributed by atoms with van der Waals surface area (Å²) in [4.78, 5) is 42.3. The number of rotatable bonds is 7. The zero-order valence-corrected chi connectivity index (χ0v) is 18.8. The van der Waals surface area contributed by atoms with E-state index in [-0.39, 0.29) is 25.4 Å². The van der Waals surface area contributed by atoms with Crippen LogP contribution in [0.1, 0.15) is 6.42 Å². The second-order valence-electron chi connectivity index (χ2n) is 7.97. The molecule has 4 rings (SSSR count). The van der Waals surface area contributed by atoms with Crippen LogP contribution in [-0.4, -0.2) is 53.2 Å². The number of hydrogen-bond donors (Lipinski definition) is 0. The SMILES string of the molecule is C=CCn1c(=O)c(=O)n(CCC(=O)N2CCN(c3ccc(OC)cc3)CC2)c2ccccc21. The fourth-order valence-corrected chi connectivity index (χ4v) is 4.28. The first-order valence-electron chi connectivity index (χ1n) is 11.0. The quantitative estimate of drug-likeness (QED) is 0.409. The van der Waals surface area contributed by atoms with Crippen molar-refractivity contribution in [2.24, 2.45) is 0 Å². The third kappa shape index (κ3) is 4.55. The average molecular weight is 449 g/mol. The Morgan fingerprint density at radius 3 is 2.15 bits per heavy atom. The lowest BCUT2D eigenvalue weighted by Gasteiger charge is -2.36. The van der Waals surface area contributed by atoms with Crippen molar-refractivity contribution < 1.29 is 9.53 Å². The molecule has 3 aromatic rings. The van der Waals surface area contributed by atoms with Crippen LogP contribution in [0.15, 0.2) is 70.8 Å². The van der Waals surface area contributed by atoms with Gasteiger partial charge in [0.2, 0.25) is 5.91 Å². The highest BCUT2D eigenvalue weighted by Gasteiger charge is 2.22. The lowest BCUT2D eigenvalue weighted by molar-refractivity contribution is -0.131. The minimum atomic E-state index is -0.618. The first-order valence-corrected chi connectivity index (χ1v) is 11.0. The molecular weight excluding hydrogens is 420 g/mol. The van der Waals surface area contributed by atoms with Gasteiger partial charge in [-0.2, -0.15) is 0 Å². The number of ether oxygens (including phenoxy) is 1. The highest BCUT2D eigenvalue weighted by molar-refractivity contribution is 5.78. The summed E-state index contributed by atoms with van der Waals surface area (Å²) in [5.74, 6) is 0.795. The van der Waals surface area contributed by atoms with Crippen LogP contribution in [0, 0.1) is 0 Å². The van der Waals surface area contributed by atoms with Crippen LogP contribution in [-0.2, 0) is 17.9 Å². The zero-order chi connectivity index (χ0) is 23.4. The summed E-state index contributed by atoms with van der Waals surface area (Å²) >= 11 is 0. The molecule has 1 amide bonds. The molecule has 0 radical (unpaired) electrons. The van der Waals surface area contributed by atoms with E-state index >= 15 is 0 Å². The number of methoxy groups -OCH3 is 1. The molecule has 1 aliphatic heterocycles. The van der Waals surface area contributed by atoms with Crippen molar-refractivity contribution in [3.8, 4) is 5.75 Å². The van der Waals surface area contributed by atoms with Gasteiger partial charge < -0.3 is 19.1 Å². The number of anilines is 1. The van der Waals surface area contributed by atoms with Crippen LogP contribution in [0.4, 0.5) is 5.69 Å². The fraction of sp³-hybridized carbons (Fsp3) is 0.320. The largest absolute Gasteiger partial charge is 0.497 e. The van der Waals surface area contributed by atoms with Crippen molar-refractivity contribution >= 4 is 22.6 Å². The van der Waals surface area contributed by atoms with E-state index in [0.29, 0.717) is 24.1 Å². The molecule has 0 N–H and O–H groups in total. The van der Waals surface area contributed by atoms with Gasteiger partial charge in [-0.25, -0.2) is 0 Å². The van der Waals surface area contributed by atoms with Gasteiger partial charge in [0, 0.05) is 51.4 Å². The predicted octanol–water partition coefficient (Wildman–Crippen LogP) is 2.10. The summed E-state index contributed by atoms with van der Waals surface area (Å²) in [6.45, 7) is 6.79. The van der Waals surface area contributed by atoms with E-state index in [1.807, 2.05) is 41.3 Å². The predicted molar refractivity (Wildman–Crippen MR) is 129 cm³/mol. The van der Waals surface area contributed by atoms with Crippen molar-refractivity contribution in [1.29, 1.82) is 0 Å². The van der Waals surface area contributed by atoms with E-state index in [1.165, 1.54) is 9.13 Å². The summed E-state index contributed by atoms with van der Waals surface area (Å²) in [6.07, 6.45) is 1.75. The first-order chi connectivity index (χ1) is 16.0. The number of benzene rings is 2. The maximum absolute atomic E-state index is 12.9. The maximum atomic E-state index is 12.9. The summed E-state index contributed by atoms with van der Waals surface area (Å²) in [5, 5.41) is 0. The van der Waals surface area contributed by atoms with Crippen LogP contribution in [0.5, 0.6) is 5.75 Å². The molecule has 0 aliphatic carbocycles. The smallest absolute Gasteiger partial charge is 0.317 e. The number of aryl methyl sites for hydroxylation is 1. The van der Waals surface area contributed by atoms with E-state index < -0.39 is 11.1 Å². The number of nitrogens with zero attached hydrogens (tertiary/aromatic N) is 4. The monoisotopic (exact) mass is 448 g/mol. The number of allylic oxidation sites excluding steroid dienone is 1. The van der Waals surface area contributed by atoms with E-state index in [9.17, 15) is 14.4 Å². The van der Waals surface area contributed by atoms with E-state index in [2.05, 4.69) is 11.5 Å². The molecule has 1 fully saturated rings. The van der Waals surface area contributed by atoms with Crippen molar-refractivity contribution in [1.82, 2.24) is 14.0 Å². The molecule has 1 aliphatic rings. The van der Waals surface area contributed by atoms with Crippen molar-refractivity contribution in [2.75, 3.05) is 38.2 Å². The van der Waals surface area contributed by atoms with Crippen molar-refractivity contribution in [3.63, 3.8) is 0 Å². The summed E-state index contributed by atoms with van der Waals surface area (Å²) in [6, 6.07) is 15.1. The van der Waals surface area contributed by atoms with Crippen LogP contribution >= 0.6 is 0 Å². The van der Waals surface area contributed by atoms with Gasteiger partial charge in [0.05, 0.1) is 18.1 Å². The molecular formula is C25H28N4O4.